The average Bonchev–Trinajstić information content (AvgIpc) is 2.80. The molecule has 2 aromatic rings. The molecule has 0 bridgehead atoms. The van der Waals surface area contributed by atoms with Crippen LogP contribution >= 0.6 is 0 Å². The van der Waals surface area contributed by atoms with Crippen LogP contribution in [0.5, 0.6) is 0 Å². The van der Waals surface area contributed by atoms with Crippen LogP contribution in [0.4, 0.5) is 5.69 Å². The number of para-hydroxylation sites is 1. The standard InChI is InChI=1S/C14H16N2O2/c1-11-4-2-3-5-13(11)15-14(18)9-16-7-6-12(8-16)10-17/h2-8,17H,9-10H2,1H3,(H,15,18). The molecular weight excluding hydrogens is 228 g/mol. The number of anilines is 1. The van der Waals surface area contributed by atoms with Crippen molar-refractivity contribution >= 4 is 11.6 Å². The van der Waals surface area contributed by atoms with Crippen LogP contribution in [-0.2, 0) is 17.9 Å². The second kappa shape index (κ2) is 5.51. The molecule has 0 radical (unpaired) electrons. The van der Waals surface area contributed by atoms with Crippen molar-refractivity contribution in [3.63, 3.8) is 0 Å². The number of hydrogen-bond donors (Lipinski definition) is 2. The summed E-state index contributed by atoms with van der Waals surface area (Å²) >= 11 is 0. The highest BCUT2D eigenvalue weighted by Gasteiger charge is 2.05. The van der Waals surface area contributed by atoms with E-state index >= 15 is 0 Å². The summed E-state index contributed by atoms with van der Waals surface area (Å²) in [6.07, 6.45) is 3.54. The Bertz CT molecular complexity index is 546. The molecule has 1 aromatic heterocycles. The zero-order chi connectivity index (χ0) is 13.0. The number of carbonyl (C=O) groups is 1. The lowest BCUT2D eigenvalue weighted by Gasteiger charge is -2.08. The Morgan fingerprint density at radius 1 is 1.33 bits per heavy atom. The minimum Gasteiger partial charge on any atom is -0.392 e. The molecule has 4 heteroatoms. The first-order valence-corrected chi connectivity index (χ1v) is 5.80. The molecule has 0 spiro atoms. The van der Waals surface area contributed by atoms with Crippen LogP contribution in [-0.4, -0.2) is 15.6 Å². The maximum atomic E-state index is 11.8. The summed E-state index contributed by atoms with van der Waals surface area (Å²) in [6, 6.07) is 9.45. The third-order valence-electron chi connectivity index (χ3n) is 2.74. The molecule has 2 rings (SSSR count). The predicted molar refractivity (Wildman–Crippen MR) is 70.2 cm³/mol. The van der Waals surface area contributed by atoms with Gasteiger partial charge in [0.2, 0.25) is 5.91 Å². The van der Waals surface area contributed by atoms with E-state index in [-0.39, 0.29) is 19.1 Å². The van der Waals surface area contributed by atoms with E-state index in [1.54, 1.807) is 23.0 Å². The van der Waals surface area contributed by atoms with Crippen molar-refractivity contribution in [2.75, 3.05) is 5.32 Å². The quantitative estimate of drug-likeness (QED) is 0.863. The van der Waals surface area contributed by atoms with Crippen molar-refractivity contribution < 1.29 is 9.90 Å². The second-order valence-electron chi connectivity index (χ2n) is 4.21. The summed E-state index contributed by atoms with van der Waals surface area (Å²) < 4.78 is 1.75. The number of carbonyl (C=O) groups excluding carboxylic acids is 1. The van der Waals surface area contributed by atoms with E-state index in [4.69, 9.17) is 5.11 Å². The van der Waals surface area contributed by atoms with Crippen LogP contribution in [0.15, 0.2) is 42.7 Å². The van der Waals surface area contributed by atoms with Gasteiger partial charge >= 0.3 is 0 Å². The zero-order valence-corrected chi connectivity index (χ0v) is 10.3. The Morgan fingerprint density at radius 2 is 2.11 bits per heavy atom. The van der Waals surface area contributed by atoms with Gasteiger partial charge in [0.25, 0.3) is 0 Å². The third kappa shape index (κ3) is 2.99. The fourth-order valence-electron chi connectivity index (χ4n) is 1.75. The van der Waals surface area contributed by atoms with E-state index in [2.05, 4.69) is 5.32 Å². The Kier molecular flexibility index (Phi) is 3.79. The van der Waals surface area contributed by atoms with Gasteiger partial charge in [-0.05, 0) is 30.2 Å². The van der Waals surface area contributed by atoms with Crippen LogP contribution in [0.1, 0.15) is 11.1 Å². The van der Waals surface area contributed by atoms with E-state index < -0.39 is 0 Å². The lowest BCUT2D eigenvalue weighted by Crippen LogP contribution is -2.18. The zero-order valence-electron chi connectivity index (χ0n) is 10.3. The number of hydrogen-bond acceptors (Lipinski definition) is 2. The molecule has 0 atom stereocenters. The van der Waals surface area contributed by atoms with Gasteiger partial charge in [-0.1, -0.05) is 18.2 Å². The highest BCUT2D eigenvalue weighted by atomic mass is 16.3. The summed E-state index contributed by atoms with van der Waals surface area (Å²) in [5.74, 6) is -0.0793. The molecule has 0 aliphatic heterocycles. The molecular formula is C14H16N2O2. The summed E-state index contributed by atoms with van der Waals surface area (Å²) in [5.41, 5.74) is 2.67. The topological polar surface area (TPSA) is 54.3 Å². The number of rotatable bonds is 4. The largest absolute Gasteiger partial charge is 0.392 e. The number of aliphatic hydroxyl groups excluding tert-OH is 1. The fourth-order valence-corrected chi connectivity index (χ4v) is 1.75. The second-order valence-corrected chi connectivity index (χ2v) is 4.21. The maximum absolute atomic E-state index is 11.8. The van der Waals surface area contributed by atoms with E-state index in [0.717, 1.165) is 16.8 Å². The van der Waals surface area contributed by atoms with Crippen molar-refractivity contribution in [3.8, 4) is 0 Å². The predicted octanol–water partition coefficient (Wildman–Crippen LogP) is 1.93. The number of aromatic nitrogens is 1. The van der Waals surface area contributed by atoms with Crippen molar-refractivity contribution in [2.45, 2.75) is 20.1 Å². The average molecular weight is 244 g/mol. The van der Waals surface area contributed by atoms with E-state index in [9.17, 15) is 4.79 Å². The number of amides is 1. The molecule has 0 aliphatic carbocycles. The fraction of sp³-hybridized carbons (Fsp3) is 0.214. The summed E-state index contributed by atoms with van der Waals surface area (Å²) in [7, 11) is 0. The SMILES string of the molecule is Cc1ccccc1NC(=O)Cn1ccc(CO)c1. The first kappa shape index (κ1) is 12.4. The van der Waals surface area contributed by atoms with E-state index in [1.165, 1.54) is 0 Å². The van der Waals surface area contributed by atoms with Crippen LogP contribution in [0.2, 0.25) is 0 Å². The molecule has 0 saturated heterocycles. The van der Waals surface area contributed by atoms with Crippen molar-refractivity contribution in [2.24, 2.45) is 0 Å². The highest BCUT2D eigenvalue weighted by Crippen LogP contribution is 2.13. The number of aliphatic hydroxyl groups is 1. The summed E-state index contributed by atoms with van der Waals surface area (Å²) in [4.78, 5) is 11.8. The van der Waals surface area contributed by atoms with Crippen LogP contribution in [0.3, 0.4) is 0 Å². The van der Waals surface area contributed by atoms with Gasteiger partial charge in [0.1, 0.15) is 6.54 Å². The Labute approximate surface area is 106 Å². The molecule has 1 amide bonds. The van der Waals surface area contributed by atoms with Gasteiger partial charge < -0.3 is 15.0 Å². The molecule has 0 saturated carbocycles. The molecule has 0 aliphatic rings. The molecule has 1 heterocycles. The normalized spacial score (nSPS) is 10.3. The first-order valence-electron chi connectivity index (χ1n) is 5.80. The Hall–Kier alpha value is -2.07. The summed E-state index contributed by atoms with van der Waals surface area (Å²) in [5, 5.41) is 11.8. The van der Waals surface area contributed by atoms with Crippen molar-refractivity contribution in [1.29, 1.82) is 0 Å². The molecule has 94 valence electrons. The Balaban J connectivity index is 1.99. The monoisotopic (exact) mass is 244 g/mol. The van der Waals surface area contributed by atoms with Crippen LogP contribution in [0, 0.1) is 6.92 Å². The smallest absolute Gasteiger partial charge is 0.244 e. The molecule has 1 aromatic carbocycles. The number of aryl methyl sites for hydroxylation is 1. The van der Waals surface area contributed by atoms with Gasteiger partial charge in [-0.3, -0.25) is 4.79 Å². The minimum absolute atomic E-state index is 0.00753. The summed E-state index contributed by atoms with van der Waals surface area (Å²) in [6.45, 7) is 2.19. The van der Waals surface area contributed by atoms with Gasteiger partial charge in [0.05, 0.1) is 6.61 Å². The maximum Gasteiger partial charge on any atom is 0.244 e. The van der Waals surface area contributed by atoms with Gasteiger partial charge in [0.15, 0.2) is 0 Å². The van der Waals surface area contributed by atoms with E-state index in [1.807, 2.05) is 31.2 Å². The number of nitrogens with one attached hydrogen (secondary N) is 1. The molecule has 0 unspecified atom stereocenters. The minimum atomic E-state index is -0.0793. The third-order valence-corrected chi connectivity index (χ3v) is 2.74. The van der Waals surface area contributed by atoms with Gasteiger partial charge in [-0.25, -0.2) is 0 Å². The lowest BCUT2D eigenvalue weighted by atomic mass is 10.2. The van der Waals surface area contributed by atoms with Gasteiger partial charge in [-0.2, -0.15) is 0 Å². The van der Waals surface area contributed by atoms with Crippen molar-refractivity contribution in [3.05, 3.63) is 53.9 Å². The lowest BCUT2D eigenvalue weighted by molar-refractivity contribution is -0.116. The molecule has 0 fully saturated rings. The highest BCUT2D eigenvalue weighted by molar-refractivity contribution is 5.91. The van der Waals surface area contributed by atoms with E-state index in [0.29, 0.717) is 0 Å². The first-order chi connectivity index (χ1) is 8.69. The number of nitrogens with zero attached hydrogens (tertiary/aromatic N) is 1. The molecule has 2 N–H and O–H groups in total. The van der Waals surface area contributed by atoms with Crippen LogP contribution < -0.4 is 5.32 Å². The Morgan fingerprint density at radius 3 is 2.78 bits per heavy atom. The van der Waals surface area contributed by atoms with Crippen LogP contribution in [0.25, 0.3) is 0 Å². The molecule has 18 heavy (non-hydrogen) atoms. The molecule has 4 nitrogen and oxygen atoms in total. The van der Waals surface area contributed by atoms with Gasteiger partial charge in [-0.15, -0.1) is 0 Å². The van der Waals surface area contributed by atoms with Gasteiger partial charge in [0, 0.05) is 18.1 Å². The number of benzene rings is 1. The van der Waals surface area contributed by atoms with Crippen molar-refractivity contribution in [1.82, 2.24) is 4.57 Å².